The summed E-state index contributed by atoms with van der Waals surface area (Å²) in [6.45, 7) is 13.7. The van der Waals surface area contributed by atoms with E-state index in [4.69, 9.17) is 17.5 Å². The van der Waals surface area contributed by atoms with Crippen LogP contribution in [0.2, 0.25) is 0 Å². The molecule has 0 aliphatic heterocycles. The number of esters is 1. The van der Waals surface area contributed by atoms with Crippen molar-refractivity contribution in [2.45, 2.75) is 27.7 Å². The van der Waals surface area contributed by atoms with Gasteiger partial charge < -0.3 is 14.5 Å². The van der Waals surface area contributed by atoms with Crippen LogP contribution in [0.5, 0.6) is 0 Å². The van der Waals surface area contributed by atoms with Crippen molar-refractivity contribution in [2.75, 3.05) is 47.9 Å². The van der Waals surface area contributed by atoms with Gasteiger partial charge in [-0.2, -0.15) is 8.42 Å². The molecule has 0 fully saturated rings. The zero-order valence-corrected chi connectivity index (χ0v) is 16.5. The molecule has 8 nitrogen and oxygen atoms in total. The van der Waals surface area contributed by atoms with Crippen molar-refractivity contribution in [1.29, 1.82) is 0 Å². The standard InChI is InChI=1S/C6H10O2.2C4H11N.H2O4S/c1-4-8-6(7)5(2)3;2*1-4-5(2)3;1-5(2,3)4/h2,4H2,1,3H3;2*4H2,1-3H3;(H2,1,2,3,4). The maximum Gasteiger partial charge on any atom is 0.394 e. The van der Waals surface area contributed by atoms with Crippen LogP contribution in [0.1, 0.15) is 27.7 Å². The van der Waals surface area contributed by atoms with E-state index in [9.17, 15) is 4.79 Å². The van der Waals surface area contributed by atoms with Gasteiger partial charge in [-0.05, 0) is 55.1 Å². The van der Waals surface area contributed by atoms with Crippen molar-refractivity contribution < 1.29 is 27.1 Å². The van der Waals surface area contributed by atoms with E-state index in [1.807, 2.05) is 0 Å². The summed E-state index contributed by atoms with van der Waals surface area (Å²) in [6, 6.07) is 0. The van der Waals surface area contributed by atoms with Crippen molar-refractivity contribution >= 4 is 16.4 Å². The summed E-state index contributed by atoms with van der Waals surface area (Å²) in [5.41, 5.74) is 0.451. The lowest BCUT2D eigenvalue weighted by Crippen LogP contribution is -2.08. The van der Waals surface area contributed by atoms with Crippen LogP contribution in [0, 0.1) is 0 Å². The van der Waals surface area contributed by atoms with Crippen LogP contribution in [0.15, 0.2) is 12.2 Å². The zero-order valence-electron chi connectivity index (χ0n) is 15.7. The molecule has 0 saturated carbocycles. The van der Waals surface area contributed by atoms with Gasteiger partial charge in [-0.3, -0.25) is 9.11 Å². The highest BCUT2D eigenvalue weighted by atomic mass is 32.3. The first kappa shape index (κ1) is 29.9. The average Bonchev–Trinajstić information content (AvgIpc) is 2.38. The molecular weight excluding hydrogens is 324 g/mol. The summed E-state index contributed by atoms with van der Waals surface area (Å²) in [4.78, 5) is 14.7. The molecule has 0 aliphatic carbocycles. The smallest absolute Gasteiger partial charge is 0.394 e. The highest BCUT2D eigenvalue weighted by molar-refractivity contribution is 7.79. The minimum Gasteiger partial charge on any atom is -0.463 e. The van der Waals surface area contributed by atoms with Gasteiger partial charge >= 0.3 is 16.4 Å². The molecule has 0 spiro atoms. The Kier molecular flexibility index (Phi) is 24.8. The van der Waals surface area contributed by atoms with Crippen LogP contribution in [0.3, 0.4) is 0 Å². The molecule has 142 valence electrons. The molecule has 0 aromatic rings. The Morgan fingerprint density at radius 1 is 1.00 bits per heavy atom. The Balaban J connectivity index is -0.000000108. The summed E-state index contributed by atoms with van der Waals surface area (Å²) in [5, 5.41) is 0. The van der Waals surface area contributed by atoms with E-state index in [-0.39, 0.29) is 5.97 Å². The van der Waals surface area contributed by atoms with E-state index in [1.165, 1.54) is 0 Å². The molecule has 0 aromatic carbocycles. The summed E-state index contributed by atoms with van der Waals surface area (Å²) >= 11 is 0. The van der Waals surface area contributed by atoms with Gasteiger partial charge in [0, 0.05) is 5.57 Å². The van der Waals surface area contributed by atoms with Crippen LogP contribution in [-0.2, 0) is 19.9 Å². The van der Waals surface area contributed by atoms with E-state index >= 15 is 0 Å². The molecule has 0 unspecified atom stereocenters. The first-order valence-electron chi connectivity index (χ1n) is 7.04. The minimum absolute atomic E-state index is 0.312. The highest BCUT2D eigenvalue weighted by Gasteiger charge is 1.98. The van der Waals surface area contributed by atoms with Gasteiger partial charge in [0.25, 0.3) is 0 Å². The maximum atomic E-state index is 10.4. The second kappa shape index (κ2) is 19.0. The van der Waals surface area contributed by atoms with E-state index in [0.717, 1.165) is 13.1 Å². The fraction of sp³-hybridized carbons (Fsp3) is 0.786. The van der Waals surface area contributed by atoms with Crippen molar-refractivity contribution in [2.24, 2.45) is 0 Å². The molecule has 0 saturated heterocycles. The van der Waals surface area contributed by atoms with Gasteiger partial charge in [0.1, 0.15) is 0 Å². The second-order valence-corrected chi connectivity index (χ2v) is 5.64. The molecule has 0 atom stereocenters. The monoisotopic (exact) mass is 358 g/mol. The van der Waals surface area contributed by atoms with Gasteiger partial charge in [0.15, 0.2) is 0 Å². The fourth-order valence-corrected chi connectivity index (χ4v) is 0.254. The van der Waals surface area contributed by atoms with E-state index in [0.29, 0.717) is 12.2 Å². The number of hydrogen-bond donors (Lipinski definition) is 2. The lowest BCUT2D eigenvalue weighted by Gasteiger charge is -2.00. The van der Waals surface area contributed by atoms with Crippen LogP contribution in [-0.4, -0.2) is 81.2 Å². The van der Waals surface area contributed by atoms with E-state index in [1.54, 1.807) is 13.8 Å². The number of ether oxygens (including phenoxy) is 1. The normalized spacial score (nSPS) is 9.57. The van der Waals surface area contributed by atoms with Gasteiger partial charge in [0.2, 0.25) is 0 Å². The van der Waals surface area contributed by atoms with E-state index in [2.05, 4.69) is 63.2 Å². The zero-order chi connectivity index (χ0) is 19.6. The summed E-state index contributed by atoms with van der Waals surface area (Å²) in [7, 11) is 3.56. The number of carbonyl (C=O) groups excluding carboxylic acids is 1. The van der Waals surface area contributed by atoms with Crippen molar-refractivity contribution in [3.05, 3.63) is 12.2 Å². The Morgan fingerprint density at radius 2 is 1.22 bits per heavy atom. The molecule has 0 rings (SSSR count). The first-order chi connectivity index (χ1) is 10.2. The van der Waals surface area contributed by atoms with Crippen LogP contribution in [0.25, 0.3) is 0 Å². The van der Waals surface area contributed by atoms with Crippen LogP contribution >= 0.6 is 0 Å². The molecule has 0 bridgehead atoms. The molecule has 23 heavy (non-hydrogen) atoms. The van der Waals surface area contributed by atoms with Crippen molar-refractivity contribution in [1.82, 2.24) is 9.80 Å². The SMILES string of the molecule is C=C(C)C(=O)OCC.CCN(C)C.CCN(C)C.O=S(=O)(O)O. The quantitative estimate of drug-likeness (QED) is 0.443. The lowest BCUT2D eigenvalue weighted by molar-refractivity contribution is -0.138. The van der Waals surface area contributed by atoms with Crippen LogP contribution in [0.4, 0.5) is 0 Å². The van der Waals surface area contributed by atoms with Crippen LogP contribution < -0.4 is 0 Å². The predicted octanol–water partition coefficient (Wildman–Crippen LogP) is 1.61. The Bertz CT molecular complexity index is 365. The largest absolute Gasteiger partial charge is 0.463 e. The second-order valence-electron chi connectivity index (χ2n) is 4.74. The van der Waals surface area contributed by atoms with Crippen molar-refractivity contribution in [3.8, 4) is 0 Å². The Labute approximate surface area is 141 Å². The number of hydrogen-bond acceptors (Lipinski definition) is 6. The van der Waals surface area contributed by atoms with Gasteiger partial charge in [-0.1, -0.05) is 20.4 Å². The van der Waals surface area contributed by atoms with Crippen molar-refractivity contribution in [3.63, 3.8) is 0 Å². The first-order valence-corrected chi connectivity index (χ1v) is 8.44. The maximum absolute atomic E-state index is 10.4. The molecule has 2 N–H and O–H groups in total. The third-order valence-corrected chi connectivity index (χ3v) is 1.89. The lowest BCUT2D eigenvalue weighted by atomic mass is 10.4. The summed E-state index contributed by atoms with van der Waals surface area (Å²) < 4.78 is 36.1. The number of nitrogens with zero attached hydrogens (tertiary/aromatic N) is 2. The number of rotatable bonds is 4. The van der Waals surface area contributed by atoms with Gasteiger partial charge in [0.05, 0.1) is 6.61 Å². The number of carbonyl (C=O) groups is 1. The van der Waals surface area contributed by atoms with E-state index < -0.39 is 10.4 Å². The third kappa shape index (κ3) is 75.8. The molecule has 0 amide bonds. The molecule has 0 radical (unpaired) electrons. The summed E-state index contributed by atoms with van der Waals surface area (Å²) in [6.07, 6.45) is 0. The Hall–Kier alpha value is -1.00. The predicted molar refractivity (Wildman–Crippen MR) is 94.1 cm³/mol. The van der Waals surface area contributed by atoms with Gasteiger partial charge in [-0.15, -0.1) is 0 Å². The molecule has 9 heteroatoms. The molecule has 0 aromatic heterocycles. The molecule has 0 heterocycles. The Morgan fingerprint density at radius 3 is 1.26 bits per heavy atom. The fourth-order valence-electron chi connectivity index (χ4n) is 0.254. The third-order valence-electron chi connectivity index (χ3n) is 1.89. The summed E-state index contributed by atoms with van der Waals surface area (Å²) in [5.74, 6) is -0.312. The topological polar surface area (TPSA) is 107 Å². The molecular formula is C14H34N2O6S. The highest BCUT2D eigenvalue weighted by Crippen LogP contribution is 1.89. The average molecular weight is 359 g/mol. The van der Waals surface area contributed by atoms with Gasteiger partial charge in [-0.25, -0.2) is 4.79 Å². The molecule has 0 aliphatic rings. The minimum atomic E-state index is -4.67.